The Balaban J connectivity index is 3.13. The summed E-state index contributed by atoms with van der Waals surface area (Å²) >= 11 is 0. The standard InChI is InChI=1S/C6H9N3O5S/c1-2-14-6(10)4-3-7-8-5(4)15(12,13)9-11/h3,9,11H,2H2,1H3,(H,7,8). The van der Waals surface area contributed by atoms with Gasteiger partial charge < -0.3 is 9.94 Å². The van der Waals surface area contributed by atoms with Crippen LogP contribution in [0.5, 0.6) is 0 Å². The van der Waals surface area contributed by atoms with E-state index in [0.29, 0.717) is 0 Å². The number of carbonyl (C=O) groups is 1. The van der Waals surface area contributed by atoms with Gasteiger partial charge in [0.1, 0.15) is 5.56 Å². The fraction of sp³-hybridized carbons (Fsp3) is 0.333. The number of nitrogens with one attached hydrogen (secondary N) is 2. The van der Waals surface area contributed by atoms with Gasteiger partial charge in [-0.2, -0.15) is 5.10 Å². The molecule has 15 heavy (non-hydrogen) atoms. The number of sulfonamides is 1. The summed E-state index contributed by atoms with van der Waals surface area (Å²) in [5, 5.41) is 13.3. The Kier molecular flexibility index (Phi) is 3.39. The first-order valence-corrected chi connectivity index (χ1v) is 5.37. The Bertz CT molecular complexity index is 451. The predicted molar refractivity (Wildman–Crippen MR) is 46.7 cm³/mol. The first-order valence-electron chi connectivity index (χ1n) is 3.89. The van der Waals surface area contributed by atoms with Crippen LogP contribution in [0.25, 0.3) is 0 Å². The monoisotopic (exact) mass is 235 g/mol. The van der Waals surface area contributed by atoms with Crippen molar-refractivity contribution in [2.75, 3.05) is 6.61 Å². The number of carbonyl (C=O) groups excluding carboxylic acids is 1. The number of hydrogen-bond donors (Lipinski definition) is 3. The SMILES string of the molecule is CCOC(=O)c1cn[nH]c1S(=O)(=O)NO. The molecule has 0 bridgehead atoms. The topological polar surface area (TPSA) is 121 Å². The Hall–Kier alpha value is -1.45. The minimum Gasteiger partial charge on any atom is -0.462 e. The minimum atomic E-state index is -4.16. The Morgan fingerprint density at radius 1 is 1.73 bits per heavy atom. The van der Waals surface area contributed by atoms with E-state index in [0.717, 1.165) is 11.1 Å². The van der Waals surface area contributed by atoms with E-state index in [9.17, 15) is 13.2 Å². The quantitative estimate of drug-likeness (QED) is 0.466. The first kappa shape index (κ1) is 11.6. The van der Waals surface area contributed by atoms with Gasteiger partial charge in [-0.25, -0.2) is 13.2 Å². The van der Waals surface area contributed by atoms with Gasteiger partial charge >= 0.3 is 5.97 Å². The molecule has 8 nitrogen and oxygen atoms in total. The van der Waals surface area contributed by atoms with Crippen molar-refractivity contribution < 1.29 is 23.2 Å². The molecule has 0 unspecified atom stereocenters. The molecule has 0 fully saturated rings. The summed E-state index contributed by atoms with van der Waals surface area (Å²) in [6, 6.07) is 0. The van der Waals surface area contributed by atoms with E-state index in [-0.39, 0.29) is 12.2 Å². The van der Waals surface area contributed by atoms with Crippen LogP contribution in [0, 0.1) is 0 Å². The zero-order chi connectivity index (χ0) is 11.5. The van der Waals surface area contributed by atoms with Crippen molar-refractivity contribution in [2.24, 2.45) is 0 Å². The summed E-state index contributed by atoms with van der Waals surface area (Å²) in [6.45, 7) is 1.69. The average Bonchev–Trinajstić information content (AvgIpc) is 2.67. The molecule has 0 saturated carbocycles. The Morgan fingerprint density at radius 2 is 2.40 bits per heavy atom. The molecule has 0 aliphatic carbocycles. The zero-order valence-electron chi connectivity index (χ0n) is 7.72. The molecule has 1 aromatic heterocycles. The third kappa shape index (κ3) is 2.32. The summed E-state index contributed by atoms with van der Waals surface area (Å²) < 4.78 is 26.9. The molecular formula is C6H9N3O5S. The highest BCUT2D eigenvalue weighted by Crippen LogP contribution is 2.12. The Morgan fingerprint density at radius 3 is 2.93 bits per heavy atom. The van der Waals surface area contributed by atoms with Crippen molar-refractivity contribution in [3.05, 3.63) is 11.8 Å². The number of nitrogens with zero attached hydrogens (tertiary/aromatic N) is 1. The van der Waals surface area contributed by atoms with Crippen molar-refractivity contribution in [3.63, 3.8) is 0 Å². The lowest BCUT2D eigenvalue weighted by Crippen LogP contribution is -2.22. The average molecular weight is 235 g/mol. The van der Waals surface area contributed by atoms with Crippen LogP contribution >= 0.6 is 0 Å². The maximum atomic E-state index is 11.2. The van der Waals surface area contributed by atoms with Gasteiger partial charge in [-0.1, -0.05) is 4.89 Å². The van der Waals surface area contributed by atoms with Gasteiger partial charge in [0.15, 0.2) is 5.03 Å². The van der Waals surface area contributed by atoms with Gasteiger partial charge in [0, 0.05) is 0 Å². The van der Waals surface area contributed by atoms with Crippen molar-refractivity contribution in [1.82, 2.24) is 15.1 Å². The van der Waals surface area contributed by atoms with Gasteiger partial charge in [-0.15, -0.1) is 0 Å². The third-order valence-corrected chi connectivity index (χ3v) is 2.58. The van der Waals surface area contributed by atoms with Gasteiger partial charge in [0.25, 0.3) is 10.0 Å². The second-order valence-corrected chi connectivity index (χ2v) is 4.03. The number of ether oxygens (including phenoxy) is 1. The molecule has 9 heteroatoms. The fourth-order valence-corrected chi connectivity index (χ4v) is 1.57. The molecule has 0 spiro atoms. The molecule has 0 atom stereocenters. The first-order chi connectivity index (χ1) is 7.03. The van der Waals surface area contributed by atoms with E-state index < -0.39 is 21.0 Å². The van der Waals surface area contributed by atoms with Crippen molar-refractivity contribution in [2.45, 2.75) is 11.9 Å². The smallest absolute Gasteiger partial charge is 0.342 e. The van der Waals surface area contributed by atoms with Crippen LogP contribution in [-0.2, 0) is 14.8 Å². The Labute approximate surface area is 85.3 Å². The van der Waals surface area contributed by atoms with Gasteiger partial charge in [-0.05, 0) is 6.92 Å². The summed E-state index contributed by atoms with van der Waals surface area (Å²) in [5.41, 5.74) is -0.265. The summed E-state index contributed by atoms with van der Waals surface area (Å²) in [5.74, 6) is -0.833. The van der Waals surface area contributed by atoms with Gasteiger partial charge in [0.2, 0.25) is 0 Å². The molecule has 84 valence electrons. The van der Waals surface area contributed by atoms with E-state index in [4.69, 9.17) is 5.21 Å². The maximum absolute atomic E-state index is 11.2. The highest BCUT2D eigenvalue weighted by atomic mass is 32.2. The van der Waals surface area contributed by atoms with Crippen molar-refractivity contribution in [3.8, 4) is 0 Å². The van der Waals surface area contributed by atoms with E-state index in [1.165, 1.54) is 0 Å². The number of aromatic amines is 1. The molecule has 0 radical (unpaired) electrons. The van der Waals surface area contributed by atoms with Crippen LogP contribution < -0.4 is 4.89 Å². The van der Waals surface area contributed by atoms with Gasteiger partial charge in [0.05, 0.1) is 12.8 Å². The van der Waals surface area contributed by atoms with Gasteiger partial charge in [-0.3, -0.25) is 5.10 Å². The minimum absolute atomic E-state index is 0.107. The predicted octanol–water partition coefficient (Wildman–Crippen LogP) is -0.746. The number of rotatable bonds is 4. The molecule has 1 rings (SSSR count). The molecule has 0 saturated heterocycles. The molecule has 0 aliphatic rings. The second-order valence-electron chi connectivity index (χ2n) is 2.43. The summed E-state index contributed by atoms with van der Waals surface area (Å²) in [4.78, 5) is 12.3. The van der Waals surface area contributed by atoms with Crippen molar-refractivity contribution in [1.29, 1.82) is 0 Å². The largest absolute Gasteiger partial charge is 0.462 e. The molecule has 0 aromatic carbocycles. The number of aromatic nitrogens is 2. The van der Waals surface area contributed by atoms with E-state index in [2.05, 4.69) is 14.9 Å². The fourth-order valence-electron chi connectivity index (χ4n) is 0.879. The van der Waals surface area contributed by atoms with E-state index in [1.54, 1.807) is 6.92 Å². The summed E-state index contributed by atoms with van der Waals surface area (Å²) in [7, 11) is -4.16. The van der Waals surface area contributed by atoms with Crippen LogP contribution in [0.4, 0.5) is 0 Å². The number of hydrogen-bond acceptors (Lipinski definition) is 6. The normalized spacial score (nSPS) is 11.3. The molecule has 0 amide bonds. The highest BCUT2D eigenvalue weighted by Gasteiger charge is 2.25. The van der Waals surface area contributed by atoms with Crippen LogP contribution in [-0.4, -0.2) is 36.4 Å². The summed E-state index contributed by atoms with van der Waals surface area (Å²) in [6.07, 6.45) is 1.00. The maximum Gasteiger partial charge on any atom is 0.342 e. The highest BCUT2D eigenvalue weighted by molar-refractivity contribution is 7.89. The molecule has 0 aliphatic heterocycles. The van der Waals surface area contributed by atoms with E-state index >= 15 is 0 Å². The number of esters is 1. The van der Waals surface area contributed by atoms with Crippen LogP contribution in [0.1, 0.15) is 17.3 Å². The zero-order valence-corrected chi connectivity index (χ0v) is 8.54. The van der Waals surface area contributed by atoms with Crippen LogP contribution in [0.15, 0.2) is 11.2 Å². The second kappa shape index (κ2) is 4.38. The van der Waals surface area contributed by atoms with Crippen molar-refractivity contribution >= 4 is 16.0 Å². The van der Waals surface area contributed by atoms with Crippen LogP contribution in [0.2, 0.25) is 0 Å². The lowest BCUT2D eigenvalue weighted by atomic mass is 10.4. The lowest BCUT2D eigenvalue weighted by Gasteiger charge is -2.02. The molecule has 1 aromatic rings. The molecule has 1 heterocycles. The van der Waals surface area contributed by atoms with E-state index in [1.807, 2.05) is 0 Å². The lowest BCUT2D eigenvalue weighted by molar-refractivity contribution is 0.0521. The number of H-pyrrole nitrogens is 1. The van der Waals surface area contributed by atoms with Crippen LogP contribution in [0.3, 0.4) is 0 Å². The third-order valence-electron chi connectivity index (χ3n) is 1.49. The molecule has 3 N–H and O–H groups in total. The molecular weight excluding hydrogens is 226 g/mol.